The summed E-state index contributed by atoms with van der Waals surface area (Å²) in [6.07, 6.45) is 1.44. The molecule has 0 aliphatic carbocycles. The summed E-state index contributed by atoms with van der Waals surface area (Å²) in [6.45, 7) is 2.32. The molecule has 3 amide bonds. The van der Waals surface area contributed by atoms with Crippen molar-refractivity contribution in [3.05, 3.63) is 20.3 Å². The van der Waals surface area contributed by atoms with Gasteiger partial charge >= 0.3 is 0 Å². The first-order valence-corrected chi connectivity index (χ1v) is 7.61. The fourth-order valence-electron chi connectivity index (χ4n) is 2.75. The SMILES string of the molecule is Cc1sc(Cl)c2c1CN(C1CCCC(=O)NC1=O)C2=O. The Morgan fingerprint density at radius 1 is 1.35 bits per heavy atom. The van der Waals surface area contributed by atoms with Gasteiger partial charge in [-0.25, -0.2) is 0 Å². The summed E-state index contributed by atoms with van der Waals surface area (Å²) >= 11 is 7.49. The number of carbonyl (C=O) groups excluding carboxylic acids is 3. The predicted molar refractivity (Wildman–Crippen MR) is 74.7 cm³/mol. The molecule has 3 rings (SSSR count). The number of amides is 3. The van der Waals surface area contributed by atoms with Crippen LogP contribution in [0.1, 0.15) is 40.1 Å². The predicted octanol–water partition coefficient (Wildman–Crippen LogP) is 1.86. The van der Waals surface area contributed by atoms with Crippen molar-refractivity contribution in [3.8, 4) is 0 Å². The zero-order valence-electron chi connectivity index (χ0n) is 10.9. The summed E-state index contributed by atoms with van der Waals surface area (Å²) in [5.74, 6) is -0.861. The highest BCUT2D eigenvalue weighted by Gasteiger charge is 2.40. The third-order valence-electron chi connectivity index (χ3n) is 3.79. The lowest BCUT2D eigenvalue weighted by atomic mass is 10.1. The van der Waals surface area contributed by atoms with E-state index in [-0.39, 0.29) is 17.7 Å². The summed E-state index contributed by atoms with van der Waals surface area (Å²) in [7, 11) is 0. The van der Waals surface area contributed by atoms with Crippen LogP contribution >= 0.6 is 22.9 Å². The van der Waals surface area contributed by atoms with E-state index in [0.29, 0.717) is 35.7 Å². The Kier molecular flexibility index (Phi) is 3.30. The molecule has 1 N–H and O–H groups in total. The van der Waals surface area contributed by atoms with Gasteiger partial charge in [-0.1, -0.05) is 11.6 Å². The standard InChI is InChI=1S/C13H13ClN2O3S/c1-6-7-5-16(13(19)10(7)11(14)20-6)8-3-2-4-9(17)15-12(8)18/h8H,2-5H2,1H3,(H,15,17,18). The van der Waals surface area contributed by atoms with Crippen LogP contribution in [0.15, 0.2) is 0 Å². The smallest absolute Gasteiger partial charge is 0.257 e. The Morgan fingerprint density at radius 2 is 2.10 bits per heavy atom. The minimum absolute atomic E-state index is 0.205. The second-order valence-corrected chi connectivity index (χ2v) is 6.87. The molecular formula is C13H13ClN2O3S. The summed E-state index contributed by atoms with van der Waals surface area (Å²) in [6, 6.07) is -0.582. The Labute approximate surface area is 124 Å². The van der Waals surface area contributed by atoms with Crippen molar-refractivity contribution in [3.63, 3.8) is 0 Å². The largest absolute Gasteiger partial charge is 0.322 e. The van der Waals surface area contributed by atoms with Gasteiger partial charge in [0.1, 0.15) is 10.4 Å². The van der Waals surface area contributed by atoms with E-state index in [1.165, 1.54) is 16.2 Å². The van der Waals surface area contributed by atoms with Crippen molar-refractivity contribution >= 4 is 40.7 Å². The summed E-state index contributed by atoms with van der Waals surface area (Å²) in [5, 5.41) is 2.34. The van der Waals surface area contributed by atoms with E-state index in [9.17, 15) is 14.4 Å². The monoisotopic (exact) mass is 312 g/mol. The number of nitrogens with one attached hydrogen (secondary N) is 1. The maximum absolute atomic E-state index is 12.5. The molecule has 1 aromatic rings. The highest BCUT2D eigenvalue weighted by Crippen LogP contribution is 2.39. The maximum atomic E-state index is 12.5. The second-order valence-electron chi connectivity index (χ2n) is 5.04. The molecule has 0 aromatic carbocycles. The molecule has 1 saturated heterocycles. The van der Waals surface area contributed by atoms with Crippen molar-refractivity contribution in [1.82, 2.24) is 10.2 Å². The van der Waals surface area contributed by atoms with Gasteiger partial charge in [0, 0.05) is 17.8 Å². The van der Waals surface area contributed by atoms with Gasteiger partial charge in [-0.15, -0.1) is 11.3 Å². The minimum atomic E-state index is -0.582. The Hall–Kier alpha value is -1.40. The van der Waals surface area contributed by atoms with Gasteiger partial charge in [0.2, 0.25) is 11.8 Å². The number of imide groups is 1. The summed E-state index contributed by atoms with van der Waals surface area (Å²) in [5.41, 5.74) is 1.44. The number of carbonyl (C=O) groups is 3. The molecule has 5 nitrogen and oxygen atoms in total. The molecule has 20 heavy (non-hydrogen) atoms. The van der Waals surface area contributed by atoms with Crippen LogP contribution in [-0.4, -0.2) is 28.7 Å². The molecule has 0 radical (unpaired) electrons. The number of fused-ring (bicyclic) bond motifs is 1. The van der Waals surface area contributed by atoms with Gasteiger partial charge in [-0.05, 0) is 25.3 Å². The van der Waals surface area contributed by atoms with E-state index in [1.807, 2.05) is 6.92 Å². The first-order valence-electron chi connectivity index (χ1n) is 6.41. The lowest BCUT2D eigenvalue weighted by Gasteiger charge is -2.25. The number of thiophene rings is 1. The summed E-state index contributed by atoms with van der Waals surface area (Å²) in [4.78, 5) is 38.4. The normalized spacial score (nSPS) is 22.8. The van der Waals surface area contributed by atoms with E-state index < -0.39 is 6.04 Å². The maximum Gasteiger partial charge on any atom is 0.257 e. The van der Waals surface area contributed by atoms with Crippen LogP contribution in [0.5, 0.6) is 0 Å². The van der Waals surface area contributed by atoms with Crippen LogP contribution in [-0.2, 0) is 16.1 Å². The highest BCUT2D eigenvalue weighted by atomic mass is 35.5. The van der Waals surface area contributed by atoms with Crippen LogP contribution in [0.3, 0.4) is 0 Å². The quantitative estimate of drug-likeness (QED) is 0.805. The molecule has 3 heterocycles. The lowest BCUT2D eigenvalue weighted by molar-refractivity contribution is -0.132. The first kappa shape index (κ1) is 13.6. The molecule has 2 aliphatic rings. The molecule has 1 fully saturated rings. The van der Waals surface area contributed by atoms with Gasteiger partial charge in [-0.2, -0.15) is 0 Å². The van der Waals surface area contributed by atoms with Gasteiger partial charge in [-0.3, -0.25) is 19.7 Å². The third-order valence-corrected chi connectivity index (χ3v) is 5.15. The number of hydrogen-bond acceptors (Lipinski definition) is 4. The fraction of sp³-hybridized carbons (Fsp3) is 0.462. The van der Waals surface area contributed by atoms with Gasteiger partial charge < -0.3 is 4.90 Å². The molecule has 0 bridgehead atoms. The number of rotatable bonds is 1. The van der Waals surface area contributed by atoms with Crippen LogP contribution in [0, 0.1) is 6.92 Å². The molecule has 106 valence electrons. The second kappa shape index (κ2) is 4.86. The van der Waals surface area contributed by atoms with Crippen molar-refractivity contribution in [2.45, 2.75) is 38.8 Å². The number of nitrogens with zero attached hydrogens (tertiary/aromatic N) is 1. The Morgan fingerprint density at radius 3 is 2.80 bits per heavy atom. The third kappa shape index (κ3) is 2.03. The lowest BCUT2D eigenvalue weighted by Crippen LogP contribution is -2.47. The van der Waals surface area contributed by atoms with E-state index in [2.05, 4.69) is 5.32 Å². The van der Waals surface area contributed by atoms with Gasteiger partial charge in [0.15, 0.2) is 0 Å². The van der Waals surface area contributed by atoms with Crippen molar-refractivity contribution in [2.75, 3.05) is 0 Å². The van der Waals surface area contributed by atoms with Gasteiger partial charge in [0.05, 0.1) is 5.56 Å². The Balaban J connectivity index is 1.90. The molecule has 1 atom stereocenters. The highest BCUT2D eigenvalue weighted by molar-refractivity contribution is 7.16. The van der Waals surface area contributed by atoms with Crippen LogP contribution < -0.4 is 5.32 Å². The molecule has 1 aromatic heterocycles. The van der Waals surface area contributed by atoms with E-state index >= 15 is 0 Å². The molecule has 7 heteroatoms. The van der Waals surface area contributed by atoms with Crippen molar-refractivity contribution in [1.29, 1.82) is 0 Å². The number of aryl methyl sites for hydroxylation is 1. The molecule has 1 unspecified atom stereocenters. The average molecular weight is 313 g/mol. The van der Waals surface area contributed by atoms with Crippen LogP contribution in [0.25, 0.3) is 0 Å². The van der Waals surface area contributed by atoms with E-state index in [4.69, 9.17) is 11.6 Å². The Bertz CT molecular complexity index is 625. The molecular weight excluding hydrogens is 300 g/mol. The van der Waals surface area contributed by atoms with Crippen LogP contribution in [0.4, 0.5) is 0 Å². The molecule has 0 spiro atoms. The molecule has 2 aliphatic heterocycles. The van der Waals surface area contributed by atoms with E-state index in [0.717, 1.165) is 10.4 Å². The van der Waals surface area contributed by atoms with Crippen molar-refractivity contribution in [2.24, 2.45) is 0 Å². The zero-order valence-corrected chi connectivity index (χ0v) is 12.4. The first-order chi connectivity index (χ1) is 9.49. The number of halogens is 1. The topological polar surface area (TPSA) is 66.5 Å². The minimum Gasteiger partial charge on any atom is -0.322 e. The van der Waals surface area contributed by atoms with E-state index in [1.54, 1.807) is 0 Å². The fourth-order valence-corrected chi connectivity index (χ4v) is 4.16. The summed E-state index contributed by atoms with van der Waals surface area (Å²) < 4.78 is 0.482. The zero-order chi connectivity index (χ0) is 14.4. The number of hydrogen-bond donors (Lipinski definition) is 1. The molecule has 0 saturated carbocycles. The van der Waals surface area contributed by atoms with Crippen molar-refractivity contribution < 1.29 is 14.4 Å². The average Bonchev–Trinajstić information content (AvgIpc) is 2.78. The van der Waals surface area contributed by atoms with Gasteiger partial charge in [0.25, 0.3) is 5.91 Å². The van der Waals surface area contributed by atoms with Crippen LogP contribution in [0.2, 0.25) is 4.34 Å².